The first kappa shape index (κ1) is 20.9. The molecule has 0 heterocycles. The molecule has 1 atom stereocenters. The van der Waals surface area contributed by atoms with Crippen LogP contribution >= 0.6 is 0 Å². The van der Waals surface area contributed by atoms with E-state index in [2.05, 4.69) is 0 Å². The van der Waals surface area contributed by atoms with Crippen molar-refractivity contribution >= 4 is 16.8 Å². The highest BCUT2D eigenvalue weighted by molar-refractivity contribution is 7.85. The highest BCUT2D eigenvalue weighted by Crippen LogP contribution is 2.37. The first-order chi connectivity index (χ1) is 12.6. The number of carbonyl (C=O) groups is 1. The zero-order valence-electron chi connectivity index (χ0n) is 14.2. The summed E-state index contributed by atoms with van der Waals surface area (Å²) in [4.78, 5) is 10.4. The smallest absolute Gasteiger partial charge is 0.417 e. The van der Waals surface area contributed by atoms with Crippen molar-refractivity contribution in [2.24, 2.45) is 0 Å². The van der Waals surface area contributed by atoms with Crippen molar-refractivity contribution in [2.75, 3.05) is 5.75 Å². The Kier molecular flexibility index (Phi) is 6.59. The van der Waals surface area contributed by atoms with Crippen molar-refractivity contribution in [3.63, 3.8) is 0 Å². The number of aliphatic carboxylic acids is 1. The van der Waals surface area contributed by atoms with Gasteiger partial charge in [-0.2, -0.15) is 13.2 Å². The minimum Gasteiger partial charge on any atom is -0.481 e. The van der Waals surface area contributed by atoms with Crippen LogP contribution < -0.4 is 4.74 Å². The molecule has 0 aliphatic heterocycles. The summed E-state index contributed by atoms with van der Waals surface area (Å²) in [6.45, 7) is 1.50. The van der Waals surface area contributed by atoms with Gasteiger partial charge in [0, 0.05) is 18.2 Å². The maximum atomic E-state index is 13.5. The first-order valence-corrected chi connectivity index (χ1v) is 9.21. The fraction of sp³-hybridized carbons (Fsp3) is 0.278. The van der Waals surface area contributed by atoms with Gasteiger partial charge < -0.3 is 9.84 Å². The Bertz CT molecular complexity index is 865. The van der Waals surface area contributed by atoms with Gasteiger partial charge in [0.15, 0.2) is 0 Å². The van der Waals surface area contributed by atoms with Crippen LogP contribution in [0.4, 0.5) is 17.6 Å². The Morgan fingerprint density at radius 3 is 2.48 bits per heavy atom. The lowest BCUT2D eigenvalue weighted by Gasteiger charge is -2.15. The molecule has 0 fully saturated rings. The predicted molar refractivity (Wildman–Crippen MR) is 90.8 cm³/mol. The Labute approximate surface area is 155 Å². The first-order valence-electron chi connectivity index (χ1n) is 7.89. The SMILES string of the molecule is CCS(=O)c1ccc(Oc2cc(F)ccc2CCC(=O)O)cc1C(F)(F)F. The molecule has 2 aromatic carbocycles. The molecular formula is C18H16F4O4S. The molecule has 27 heavy (non-hydrogen) atoms. The summed E-state index contributed by atoms with van der Waals surface area (Å²) in [7, 11) is -1.82. The highest BCUT2D eigenvalue weighted by Gasteiger charge is 2.35. The van der Waals surface area contributed by atoms with Gasteiger partial charge in [-0.25, -0.2) is 4.39 Å². The topological polar surface area (TPSA) is 63.6 Å². The van der Waals surface area contributed by atoms with Gasteiger partial charge in [-0.15, -0.1) is 0 Å². The number of halogens is 4. The molecule has 0 aliphatic rings. The molecule has 0 amide bonds. The van der Waals surface area contributed by atoms with Gasteiger partial charge in [0.2, 0.25) is 0 Å². The Morgan fingerprint density at radius 2 is 1.89 bits per heavy atom. The van der Waals surface area contributed by atoms with E-state index in [9.17, 15) is 26.6 Å². The van der Waals surface area contributed by atoms with E-state index in [0.29, 0.717) is 11.6 Å². The van der Waals surface area contributed by atoms with Crippen LogP contribution in [0.15, 0.2) is 41.3 Å². The summed E-state index contributed by atoms with van der Waals surface area (Å²) in [5.74, 6) is -2.03. The molecule has 9 heteroatoms. The van der Waals surface area contributed by atoms with E-state index in [1.807, 2.05) is 0 Å². The zero-order valence-corrected chi connectivity index (χ0v) is 15.0. The van der Waals surface area contributed by atoms with Gasteiger partial charge in [-0.1, -0.05) is 13.0 Å². The van der Waals surface area contributed by atoms with Crippen LogP contribution in [-0.2, 0) is 28.2 Å². The van der Waals surface area contributed by atoms with E-state index < -0.39 is 34.3 Å². The van der Waals surface area contributed by atoms with Crippen LogP contribution in [-0.4, -0.2) is 21.0 Å². The second-order valence-electron chi connectivity index (χ2n) is 5.54. The Hall–Kier alpha value is -2.42. The maximum Gasteiger partial charge on any atom is 0.417 e. The van der Waals surface area contributed by atoms with Crippen molar-refractivity contribution in [3.8, 4) is 11.5 Å². The number of carboxylic acids is 1. The molecule has 1 N–H and O–H groups in total. The molecule has 2 aromatic rings. The number of hydrogen-bond donors (Lipinski definition) is 1. The van der Waals surface area contributed by atoms with E-state index in [1.54, 1.807) is 0 Å². The van der Waals surface area contributed by atoms with Crippen LogP contribution in [0.3, 0.4) is 0 Å². The average Bonchev–Trinajstić information content (AvgIpc) is 2.59. The van der Waals surface area contributed by atoms with E-state index >= 15 is 0 Å². The Morgan fingerprint density at radius 1 is 1.19 bits per heavy atom. The summed E-state index contributed by atoms with van der Waals surface area (Å²) in [6.07, 6.45) is -4.97. The second kappa shape index (κ2) is 8.51. The van der Waals surface area contributed by atoms with E-state index in [1.165, 1.54) is 19.1 Å². The van der Waals surface area contributed by atoms with Gasteiger partial charge in [-0.3, -0.25) is 9.00 Å². The van der Waals surface area contributed by atoms with Gasteiger partial charge in [0.25, 0.3) is 0 Å². The molecular weight excluding hydrogens is 388 g/mol. The third-order valence-corrected chi connectivity index (χ3v) is 5.00. The van der Waals surface area contributed by atoms with Gasteiger partial charge in [-0.05, 0) is 36.2 Å². The second-order valence-corrected chi connectivity index (χ2v) is 7.25. The standard InChI is InChI=1S/C18H16F4O4S/c1-2-27(25)16-7-6-13(10-14(16)18(20,21)22)26-15-9-12(19)5-3-11(15)4-8-17(23)24/h3,5-7,9-10H,2,4,8H2,1H3,(H,23,24). The number of carboxylic acid groups (broad SMARTS) is 1. The summed E-state index contributed by atoms with van der Waals surface area (Å²) in [5, 5.41) is 8.77. The van der Waals surface area contributed by atoms with E-state index in [0.717, 1.165) is 18.2 Å². The van der Waals surface area contributed by atoms with Gasteiger partial charge >= 0.3 is 12.1 Å². The van der Waals surface area contributed by atoms with Crippen molar-refractivity contribution in [1.82, 2.24) is 0 Å². The molecule has 2 rings (SSSR count). The fourth-order valence-corrected chi connectivity index (χ4v) is 3.30. The molecule has 0 saturated carbocycles. The fourth-order valence-electron chi connectivity index (χ4n) is 2.35. The molecule has 146 valence electrons. The van der Waals surface area contributed by atoms with Crippen molar-refractivity contribution < 1.29 is 36.4 Å². The minimum absolute atomic E-state index is 0.0204. The lowest BCUT2D eigenvalue weighted by atomic mass is 10.1. The average molecular weight is 404 g/mol. The number of alkyl halides is 3. The number of aryl methyl sites for hydroxylation is 1. The van der Waals surface area contributed by atoms with Gasteiger partial charge in [0.05, 0.1) is 21.3 Å². The molecule has 0 radical (unpaired) electrons. The molecule has 4 nitrogen and oxygen atoms in total. The van der Waals surface area contributed by atoms with E-state index in [-0.39, 0.29) is 35.0 Å². The minimum atomic E-state index is -4.74. The third-order valence-electron chi connectivity index (χ3n) is 3.63. The maximum absolute atomic E-state index is 13.5. The number of ether oxygens (including phenoxy) is 1. The summed E-state index contributed by atoms with van der Waals surface area (Å²) < 4.78 is 70.7. The lowest BCUT2D eigenvalue weighted by molar-refractivity contribution is -0.140. The van der Waals surface area contributed by atoms with Crippen LogP contribution in [0.2, 0.25) is 0 Å². The molecule has 0 spiro atoms. The highest BCUT2D eigenvalue weighted by atomic mass is 32.2. The van der Waals surface area contributed by atoms with Crippen LogP contribution in [0, 0.1) is 5.82 Å². The third kappa shape index (κ3) is 5.53. The van der Waals surface area contributed by atoms with Crippen molar-refractivity contribution in [3.05, 3.63) is 53.3 Å². The van der Waals surface area contributed by atoms with Crippen molar-refractivity contribution in [1.29, 1.82) is 0 Å². The molecule has 0 bridgehead atoms. The summed E-state index contributed by atoms with van der Waals surface area (Å²) in [6, 6.07) is 6.38. The van der Waals surface area contributed by atoms with Crippen LogP contribution in [0.1, 0.15) is 24.5 Å². The Balaban J connectivity index is 2.41. The number of hydrogen-bond acceptors (Lipinski definition) is 3. The quantitative estimate of drug-likeness (QED) is 0.675. The zero-order chi connectivity index (χ0) is 20.2. The van der Waals surface area contributed by atoms with Gasteiger partial charge in [0.1, 0.15) is 17.3 Å². The molecule has 0 aliphatic carbocycles. The van der Waals surface area contributed by atoms with Crippen LogP contribution in [0.5, 0.6) is 11.5 Å². The van der Waals surface area contributed by atoms with E-state index in [4.69, 9.17) is 9.84 Å². The normalized spacial score (nSPS) is 12.6. The number of benzene rings is 2. The van der Waals surface area contributed by atoms with Crippen LogP contribution in [0.25, 0.3) is 0 Å². The molecule has 1 unspecified atom stereocenters. The molecule has 0 aromatic heterocycles. The largest absolute Gasteiger partial charge is 0.481 e. The predicted octanol–water partition coefficient (Wildman–Crippen LogP) is 4.78. The summed E-state index contributed by atoms with van der Waals surface area (Å²) in [5.41, 5.74) is -0.753. The molecule has 0 saturated heterocycles. The lowest BCUT2D eigenvalue weighted by Crippen LogP contribution is -2.11. The monoisotopic (exact) mass is 404 g/mol. The van der Waals surface area contributed by atoms with Crippen molar-refractivity contribution in [2.45, 2.75) is 30.8 Å². The number of rotatable bonds is 7. The summed E-state index contributed by atoms with van der Waals surface area (Å²) >= 11 is 0.